The molecule has 0 aliphatic heterocycles. The highest BCUT2D eigenvalue weighted by atomic mass is 15.0. The summed E-state index contributed by atoms with van der Waals surface area (Å²) in [6.07, 6.45) is 3.45. The number of nitrogens with zero attached hydrogens (tertiary/aromatic N) is 2. The second-order valence-electron chi connectivity index (χ2n) is 3.83. The Bertz CT molecular complexity index is 524. The first kappa shape index (κ1) is 12.0. The van der Waals surface area contributed by atoms with Crippen LogP contribution in [0.3, 0.4) is 0 Å². The van der Waals surface area contributed by atoms with Gasteiger partial charge in [0, 0.05) is 12.8 Å². The largest absolute Gasteiger partial charge is 0.383 e. The molecule has 1 aromatic heterocycles. The summed E-state index contributed by atoms with van der Waals surface area (Å²) in [5.41, 5.74) is 7.46. The number of anilines is 2. The van der Waals surface area contributed by atoms with Crippen LogP contribution in [0, 0.1) is 5.41 Å². The lowest BCUT2D eigenvalue weighted by Gasteiger charge is -2.09. The van der Waals surface area contributed by atoms with Gasteiger partial charge in [0.1, 0.15) is 18.0 Å². The molecule has 0 radical (unpaired) electrons. The summed E-state index contributed by atoms with van der Waals surface area (Å²) in [6.45, 7) is 0.737. The van der Waals surface area contributed by atoms with Crippen LogP contribution in [0.4, 0.5) is 11.6 Å². The number of rotatable bonds is 5. The summed E-state index contributed by atoms with van der Waals surface area (Å²) in [7, 11) is 0. The highest BCUT2D eigenvalue weighted by Crippen LogP contribution is 2.14. The van der Waals surface area contributed by atoms with Crippen LogP contribution in [-0.2, 0) is 6.42 Å². The Morgan fingerprint density at radius 1 is 1.22 bits per heavy atom. The van der Waals surface area contributed by atoms with E-state index < -0.39 is 0 Å². The van der Waals surface area contributed by atoms with Gasteiger partial charge >= 0.3 is 0 Å². The van der Waals surface area contributed by atoms with Gasteiger partial charge in [-0.25, -0.2) is 9.97 Å². The minimum Gasteiger partial charge on any atom is -0.383 e. The van der Waals surface area contributed by atoms with Gasteiger partial charge in [0.05, 0.1) is 5.56 Å². The lowest BCUT2D eigenvalue weighted by molar-refractivity contribution is 0.999. The van der Waals surface area contributed by atoms with Crippen molar-refractivity contribution in [3.05, 3.63) is 47.8 Å². The maximum absolute atomic E-state index is 7.30. The predicted octanol–water partition coefficient (Wildman–Crippen LogP) is 1.71. The fourth-order valence-electron chi connectivity index (χ4n) is 1.66. The van der Waals surface area contributed by atoms with Gasteiger partial charge in [-0.15, -0.1) is 0 Å². The molecule has 0 unspecified atom stereocenters. The molecule has 18 heavy (non-hydrogen) atoms. The number of nitrogens with one attached hydrogen (secondary N) is 2. The van der Waals surface area contributed by atoms with Gasteiger partial charge in [0.25, 0.3) is 0 Å². The number of nitrogen functional groups attached to an aromatic ring is 1. The van der Waals surface area contributed by atoms with E-state index in [1.165, 1.54) is 18.1 Å². The molecule has 0 aliphatic rings. The molecule has 92 valence electrons. The minimum atomic E-state index is 0.321. The standard InChI is InChI=1S/C13H15N5/c14-8-11-12(15)17-9-18-13(11)16-7-6-10-4-2-1-3-5-10/h1-5,8-9,14H,6-7H2,(H3,15,16,17,18). The lowest BCUT2D eigenvalue weighted by Crippen LogP contribution is -2.10. The molecule has 0 saturated carbocycles. The molecule has 0 fully saturated rings. The lowest BCUT2D eigenvalue weighted by atomic mass is 10.1. The molecule has 0 saturated heterocycles. The predicted molar refractivity (Wildman–Crippen MR) is 73.0 cm³/mol. The van der Waals surface area contributed by atoms with Gasteiger partial charge in [0.2, 0.25) is 0 Å². The van der Waals surface area contributed by atoms with E-state index in [4.69, 9.17) is 11.1 Å². The van der Waals surface area contributed by atoms with Crippen molar-refractivity contribution in [3.8, 4) is 0 Å². The first-order chi connectivity index (χ1) is 8.81. The van der Waals surface area contributed by atoms with Gasteiger partial charge in [-0.1, -0.05) is 30.3 Å². The average molecular weight is 241 g/mol. The van der Waals surface area contributed by atoms with Crippen molar-refractivity contribution in [1.82, 2.24) is 9.97 Å². The topological polar surface area (TPSA) is 87.7 Å². The second kappa shape index (κ2) is 5.77. The van der Waals surface area contributed by atoms with Crippen LogP contribution in [0.5, 0.6) is 0 Å². The van der Waals surface area contributed by atoms with E-state index in [0.29, 0.717) is 17.2 Å². The Hall–Kier alpha value is -2.43. The number of hydrogen-bond acceptors (Lipinski definition) is 5. The number of nitrogens with two attached hydrogens (primary N) is 1. The summed E-state index contributed by atoms with van der Waals surface area (Å²) >= 11 is 0. The Kier molecular flexibility index (Phi) is 3.86. The van der Waals surface area contributed by atoms with Crippen molar-refractivity contribution < 1.29 is 0 Å². The van der Waals surface area contributed by atoms with Crippen molar-refractivity contribution in [2.75, 3.05) is 17.6 Å². The van der Waals surface area contributed by atoms with E-state index in [1.54, 1.807) is 0 Å². The minimum absolute atomic E-state index is 0.321. The van der Waals surface area contributed by atoms with E-state index in [9.17, 15) is 0 Å². The van der Waals surface area contributed by atoms with E-state index in [1.807, 2.05) is 18.2 Å². The zero-order valence-electron chi connectivity index (χ0n) is 9.93. The highest BCUT2D eigenvalue weighted by Gasteiger charge is 2.05. The van der Waals surface area contributed by atoms with Gasteiger partial charge < -0.3 is 16.5 Å². The molecule has 2 rings (SSSR count). The molecule has 4 N–H and O–H groups in total. The fraction of sp³-hybridized carbons (Fsp3) is 0.154. The SMILES string of the molecule is N=Cc1c(N)ncnc1NCCc1ccccc1. The van der Waals surface area contributed by atoms with E-state index in [0.717, 1.165) is 13.0 Å². The molecule has 0 amide bonds. The third-order valence-electron chi connectivity index (χ3n) is 2.61. The maximum atomic E-state index is 7.30. The molecule has 0 aliphatic carbocycles. The number of benzene rings is 1. The molecule has 5 heteroatoms. The van der Waals surface area contributed by atoms with Gasteiger partial charge in [-0.05, 0) is 12.0 Å². The molecule has 5 nitrogen and oxygen atoms in total. The normalized spacial score (nSPS) is 10.0. The van der Waals surface area contributed by atoms with Gasteiger partial charge in [-0.2, -0.15) is 0 Å². The number of hydrogen-bond donors (Lipinski definition) is 3. The van der Waals surface area contributed by atoms with Gasteiger partial charge in [-0.3, -0.25) is 0 Å². The van der Waals surface area contributed by atoms with Crippen LogP contribution >= 0.6 is 0 Å². The van der Waals surface area contributed by atoms with Crippen LogP contribution in [0.25, 0.3) is 0 Å². The summed E-state index contributed by atoms with van der Waals surface area (Å²) in [6, 6.07) is 10.2. The van der Waals surface area contributed by atoms with Crippen molar-refractivity contribution in [1.29, 1.82) is 5.41 Å². The first-order valence-corrected chi connectivity index (χ1v) is 5.70. The monoisotopic (exact) mass is 241 g/mol. The summed E-state index contributed by atoms with van der Waals surface area (Å²) < 4.78 is 0. The van der Waals surface area contributed by atoms with Crippen LogP contribution in [0.2, 0.25) is 0 Å². The van der Waals surface area contributed by atoms with Gasteiger partial charge in [0.15, 0.2) is 0 Å². The van der Waals surface area contributed by atoms with Crippen molar-refractivity contribution in [2.45, 2.75) is 6.42 Å². The zero-order chi connectivity index (χ0) is 12.8. The van der Waals surface area contributed by atoms with Crippen molar-refractivity contribution in [3.63, 3.8) is 0 Å². The van der Waals surface area contributed by atoms with E-state index in [-0.39, 0.29) is 0 Å². The summed E-state index contributed by atoms with van der Waals surface area (Å²) in [5, 5.41) is 10.5. The van der Waals surface area contributed by atoms with Crippen molar-refractivity contribution >= 4 is 17.9 Å². The molecule has 0 spiro atoms. The fourth-order valence-corrected chi connectivity index (χ4v) is 1.66. The Balaban J connectivity index is 1.99. The second-order valence-corrected chi connectivity index (χ2v) is 3.83. The molecular formula is C13H15N5. The van der Waals surface area contributed by atoms with Crippen LogP contribution < -0.4 is 11.1 Å². The Morgan fingerprint density at radius 2 is 2.00 bits per heavy atom. The number of aromatic nitrogens is 2. The Labute approximate surface area is 106 Å². The first-order valence-electron chi connectivity index (χ1n) is 5.70. The summed E-state index contributed by atoms with van der Waals surface area (Å²) in [5.74, 6) is 0.927. The third-order valence-corrected chi connectivity index (χ3v) is 2.61. The van der Waals surface area contributed by atoms with Crippen LogP contribution in [0.1, 0.15) is 11.1 Å². The van der Waals surface area contributed by atoms with E-state index in [2.05, 4.69) is 27.4 Å². The maximum Gasteiger partial charge on any atom is 0.140 e. The van der Waals surface area contributed by atoms with E-state index >= 15 is 0 Å². The molecule has 1 heterocycles. The highest BCUT2D eigenvalue weighted by molar-refractivity contribution is 5.89. The molecule has 1 aromatic carbocycles. The van der Waals surface area contributed by atoms with Crippen molar-refractivity contribution in [2.24, 2.45) is 0 Å². The molecule has 0 atom stereocenters. The van der Waals surface area contributed by atoms with Crippen LogP contribution in [-0.4, -0.2) is 22.7 Å². The third kappa shape index (κ3) is 2.82. The smallest absolute Gasteiger partial charge is 0.140 e. The Morgan fingerprint density at radius 3 is 2.72 bits per heavy atom. The quantitative estimate of drug-likeness (QED) is 0.695. The summed E-state index contributed by atoms with van der Waals surface area (Å²) in [4.78, 5) is 7.94. The molecule has 0 bridgehead atoms. The molecule has 2 aromatic rings. The average Bonchev–Trinajstić information content (AvgIpc) is 2.40. The zero-order valence-corrected chi connectivity index (χ0v) is 9.93. The van der Waals surface area contributed by atoms with Crippen LogP contribution in [0.15, 0.2) is 36.7 Å². The molecular weight excluding hydrogens is 226 g/mol.